The molecule has 41 heavy (non-hydrogen) atoms. The Labute approximate surface area is 244 Å². The molecule has 3 aliphatic rings. The molecule has 5 nitrogen and oxygen atoms in total. The third kappa shape index (κ3) is 5.10. The Bertz CT molecular complexity index is 1350. The second-order valence-electron chi connectivity index (χ2n) is 12.5. The number of hydrogen-bond donors (Lipinski definition) is 2. The zero-order valence-electron chi connectivity index (χ0n) is 24.5. The van der Waals surface area contributed by atoms with Gasteiger partial charge >= 0.3 is 0 Å². The van der Waals surface area contributed by atoms with Gasteiger partial charge < -0.3 is 15.5 Å². The van der Waals surface area contributed by atoms with E-state index >= 15 is 0 Å². The van der Waals surface area contributed by atoms with Gasteiger partial charge in [-0.3, -0.25) is 9.59 Å². The molecule has 3 aromatic rings. The molecule has 2 atom stereocenters. The normalized spacial score (nSPS) is 22.9. The minimum absolute atomic E-state index is 0.0161. The summed E-state index contributed by atoms with van der Waals surface area (Å²) < 4.78 is 0. The molecule has 214 valence electrons. The van der Waals surface area contributed by atoms with Crippen LogP contribution in [0.25, 0.3) is 11.1 Å². The zero-order chi connectivity index (χ0) is 28.5. The zero-order valence-corrected chi connectivity index (χ0v) is 24.5. The number of piperidine rings is 1. The van der Waals surface area contributed by atoms with Crippen LogP contribution in [-0.2, 0) is 20.4 Å². The highest BCUT2D eigenvalue weighted by atomic mass is 16.2. The van der Waals surface area contributed by atoms with Crippen molar-refractivity contribution in [1.29, 1.82) is 0 Å². The van der Waals surface area contributed by atoms with Gasteiger partial charge in [0.2, 0.25) is 11.8 Å². The SMILES string of the molecule is CCNC(=O)C1(CCCCN2CCC(NC(=O)C3C[C@@]3(C)c3ccccc3)CC2)c2ccccc2-c2ccccc21. The van der Waals surface area contributed by atoms with Gasteiger partial charge in [-0.15, -0.1) is 0 Å². The maximum absolute atomic E-state index is 13.7. The molecule has 0 aromatic heterocycles. The number of likely N-dealkylation sites (tertiary alicyclic amines) is 1. The Hall–Kier alpha value is -3.44. The molecule has 1 heterocycles. The van der Waals surface area contributed by atoms with Crippen molar-refractivity contribution in [3.8, 4) is 11.1 Å². The van der Waals surface area contributed by atoms with Gasteiger partial charge in [0.05, 0.1) is 0 Å². The Morgan fingerprint density at radius 3 is 2.10 bits per heavy atom. The van der Waals surface area contributed by atoms with Gasteiger partial charge in [-0.05, 0) is 73.4 Å². The lowest BCUT2D eigenvalue weighted by Gasteiger charge is -2.33. The summed E-state index contributed by atoms with van der Waals surface area (Å²) in [6.45, 7) is 7.90. The number of rotatable bonds is 10. The topological polar surface area (TPSA) is 61.4 Å². The number of carbonyl (C=O) groups is 2. The van der Waals surface area contributed by atoms with E-state index in [4.69, 9.17) is 0 Å². The molecule has 3 aromatic carbocycles. The predicted molar refractivity (Wildman–Crippen MR) is 165 cm³/mol. The van der Waals surface area contributed by atoms with Crippen molar-refractivity contribution >= 4 is 11.8 Å². The summed E-state index contributed by atoms with van der Waals surface area (Å²) >= 11 is 0. The Kier molecular flexibility index (Phi) is 7.74. The molecule has 2 N–H and O–H groups in total. The molecular weight excluding hydrogens is 506 g/mol. The fourth-order valence-corrected chi connectivity index (χ4v) is 7.48. The van der Waals surface area contributed by atoms with E-state index in [1.807, 2.05) is 13.0 Å². The van der Waals surface area contributed by atoms with E-state index < -0.39 is 5.41 Å². The van der Waals surface area contributed by atoms with Gasteiger partial charge in [0, 0.05) is 37.0 Å². The van der Waals surface area contributed by atoms with E-state index in [1.54, 1.807) is 0 Å². The van der Waals surface area contributed by atoms with Crippen LogP contribution in [0.4, 0.5) is 0 Å². The van der Waals surface area contributed by atoms with Gasteiger partial charge in [-0.25, -0.2) is 0 Å². The summed E-state index contributed by atoms with van der Waals surface area (Å²) in [5, 5.41) is 6.53. The molecular formula is C36H43N3O2. The molecule has 0 spiro atoms. The predicted octanol–water partition coefficient (Wildman–Crippen LogP) is 5.82. The highest BCUT2D eigenvalue weighted by Crippen LogP contribution is 2.54. The first-order valence-corrected chi connectivity index (χ1v) is 15.5. The van der Waals surface area contributed by atoms with Gasteiger partial charge in [0.1, 0.15) is 5.41 Å². The van der Waals surface area contributed by atoms with Crippen molar-refractivity contribution in [2.45, 2.75) is 69.2 Å². The fourth-order valence-electron chi connectivity index (χ4n) is 7.48. The summed E-state index contributed by atoms with van der Waals surface area (Å²) in [5.41, 5.74) is 5.29. The van der Waals surface area contributed by atoms with Gasteiger partial charge in [0.15, 0.2) is 0 Å². The summed E-state index contributed by atoms with van der Waals surface area (Å²) in [6, 6.07) is 27.6. The number of carbonyl (C=O) groups excluding carboxylic acids is 2. The smallest absolute Gasteiger partial charge is 0.235 e. The summed E-state index contributed by atoms with van der Waals surface area (Å²) in [4.78, 5) is 29.3. The number of benzene rings is 3. The average molecular weight is 550 g/mol. The van der Waals surface area contributed by atoms with Crippen molar-refractivity contribution < 1.29 is 9.59 Å². The van der Waals surface area contributed by atoms with Crippen molar-refractivity contribution in [3.63, 3.8) is 0 Å². The number of fused-ring (bicyclic) bond motifs is 3. The second kappa shape index (κ2) is 11.4. The molecule has 1 unspecified atom stereocenters. The van der Waals surface area contributed by atoms with Crippen LogP contribution in [0.5, 0.6) is 0 Å². The van der Waals surface area contributed by atoms with Crippen LogP contribution in [0, 0.1) is 5.92 Å². The Morgan fingerprint density at radius 1 is 0.854 bits per heavy atom. The third-order valence-electron chi connectivity index (χ3n) is 9.99. The molecule has 5 heteroatoms. The number of unbranched alkanes of at least 4 members (excludes halogenated alkanes) is 1. The van der Waals surface area contributed by atoms with Gasteiger partial charge in [-0.2, -0.15) is 0 Å². The van der Waals surface area contributed by atoms with Crippen molar-refractivity contribution in [2.75, 3.05) is 26.2 Å². The lowest BCUT2D eigenvalue weighted by molar-refractivity contribution is -0.125. The first kappa shape index (κ1) is 27.7. The summed E-state index contributed by atoms with van der Waals surface area (Å²) in [6.07, 6.45) is 5.79. The molecule has 6 rings (SSSR count). The average Bonchev–Trinajstić information content (AvgIpc) is 3.63. The lowest BCUT2D eigenvalue weighted by atomic mass is 9.73. The fraction of sp³-hybridized carbons (Fsp3) is 0.444. The van der Waals surface area contributed by atoms with Crippen LogP contribution < -0.4 is 10.6 Å². The quantitative estimate of drug-likeness (QED) is 0.314. The van der Waals surface area contributed by atoms with E-state index in [9.17, 15) is 9.59 Å². The monoisotopic (exact) mass is 549 g/mol. The van der Waals surface area contributed by atoms with Crippen LogP contribution in [0.2, 0.25) is 0 Å². The molecule has 2 aliphatic carbocycles. The lowest BCUT2D eigenvalue weighted by Crippen LogP contribution is -2.46. The van der Waals surface area contributed by atoms with E-state index in [1.165, 1.54) is 16.7 Å². The first-order valence-electron chi connectivity index (χ1n) is 15.5. The molecule has 0 bridgehead atoms. The number of hydrogen-bond acceptors (Lipinski definition) is 3. The van der Waals surface area contributed by atoms with Crippen molar-refractivity contribution in [3.05, 3.63) is 95.6 Å². The number of amides is 2. The van der Waals surface area contributed by atoms with Crippen LogP contribution in [-0.4, -0.2) is 48.9 Å². The molecule has 1 saturated heterocycles. The minimum atomic E-state index is -0.627. The maximum atomic E-state index is 13.7. The Morgan fingerprint density at radius 2 is 1.46 bits per heavy atom. The number of nitrogens with zero attached hydrogens (tertiary/aromatic N) is 1. The van der Waals surface area contributed by atoms with Crippen LogP contribution >= 0.6 is 0 Å². The maximum Gasteiger partial charge on any atom is 0.235 e. The van der Waals surface area contributed by atoms with Gasteiger partial charge in [-0.1, -0.05) is 92.2 Å². The van der Waals surface area contributed by atoms with Crippen molar-refractivity contribution in [2.24, 2.45) is 5.92 Å². The van der Waals surface area contributed by atoms with Crippen LogP contribution in [0.1, 0.15) is 69.1 Å². The van der Waals surface area contributed by atoms with Gasteiger partial charge in [0.25, 0.3) is 0 Å². The Balaban J connectivity index is 1.01. The number of likely N-dealkylation sites (N-methyl/N-ethyl adjacent to an activating group) is 1. The van der Waals surface area contributed by atoms with Crippen LogP contribution in [0.15, 0.2) is 78.9 Å². The third-order valence-corrected chi connectivity index (χ3v) is 9.99. The van der Waals surface area contributed by atoms with E-state index in [0.29, 0.717) is 6.54 Å². The molecule has 1 aliphatic heterocycles. The number of nitrogens with one attached hydrogen (secondary N) is 2. The second-order valence-corrected chi connectivity index (χ2v) is 12.5. The molecule has 1 saturated carbocycles. The van der Waals surface area contributed by atoms with Crippen LogP contribution in [0.3, 0.4) is 0 Å². The molecule has 0 radical (unpaired) electrons. The van der Waals surface area contributed by atoms with E-state index in [2.05, 4.69) is 95.3 Å². The van der Waals surface area contributed by atoms with Crippen molar-refractivity contribution in [1.82, 2.24) is 15.5 Å². The molecule has 2 amide bonds. The molecule has 2 fully saturated rings. The standard InChI is InChI=1S/C36H43N3O2/c1-3-37-34(41)36(30-17-9-7-15-28(30)29-16-8-10-18-31(29)36)21-11-12-22-39-23-19-27(20-24-39)38-33(40)32-25-35(32,2)26-13-5-4-6-14-26/h4-10,13-18,27,32H,3,11-12,19-25H2,1-2H3,(H,37,41)(H,38,40)/t32?,35-/m0/s1. The highest BCUT2D eigenvalue weighted by molar-refractivity contribution is 6.00. The van der Waals surface area contributed by atoms with E-state index in [0.717, 1.165) is 69.3 Å². The summed E-state index contributed by atoms with van der Waals surface area (Å²) in [7, 11) is 0. The first-order chi connectivity index (χ1) is 20.0. The minimum Gasteiger partial charge on any atom is -0.355 e. The van der Waals surface area contributed by atoms with E-state index in [-0.39, 0.29) is 29.2 Å². The largest absolute Gasteiger partial charge is 0.355 e. The summed E-state index contributed by atoms with van der Waals surface area (Å²) in [5.74, 6) is 0.432. The highest BCUT2D eigenvalue weighted by Gasteiger charge is 2.55.